The van der Waals surface area contributed by atoms with E-state index in [1.54, 1.807) is 0 Å². The maximum Gasteiger partial charge on any atom is 0.0534 e. The Hall–Kier alpha value is -0.580. The van der Waals surface area contributed by atoms with Crippen LogP contribution in [0.3, 0.4) is 0 Å². The molecule has 0 radical (unpaired) electrons. The molecule has 5 heteroatoms. The number of hydrogen-bond donors (Lipinski definition) is 1. The van der Waals surface area contributed by atoms with E-state index in [-0.39, 0.29) is 12.4 Å². The molecule has 1 aromatic heterocycles. The van der Waals surface area contributed by atoms with Gasteiger partial charge < -0.3 is 10.1 Å². The molecule has 4 nitrogen and oxygen atoms in total. The predicted molar refractivity (Wildman–Crippen MR) is 81.7 cm³/mol. The summed E-state index contributed by atoms with van der Waals surface area (Å²) in [6, 6.07) is 0. The topological polar surface area (TPSA) is 39.1 Å². The Kier molecular flexibility index (Phi) is 9.92. The molecule has 0 atom stereocenters. The fraction of sp³-hybridized carbons (Fsp3) is 0.786. The number of nitrogens with one attached hydrogen (secondary N) is 1. The summed E-state index contributed by atoms with van der Waals surface area (Å²) in [6.45, 7) is 12.2. The van der Waals surface area contributed by atoms with Crippen LogP contribution >= 0.6 is 12.4 Å². The summed E-state index contributed by atoms with van der Waals surface area (Å²) in [5.74, 6) is 0.638. The van der Waals surface area contributed by atoms with E-state index in [1.807, 2.05) is 10.9 Å². The van der Waals surface area contributed by atoms with E-state index in [9.17, 15) is 0 Å². The van der Waals surface area contributed by atoms with Crippen LogP contribution in [-0.4, -0.2) is 29.0 Å². The monoisotopic (exact) mass is 289 g/mol. The molecule has 0 aromatic carbocycles. The molecule has 1 N–H and O–H groups in total. The Bertz CT molecular complexity index is 326. The quantitative estimate of drug-likeness (QED) is 0.711. The Labute approximate surface area is 123 Å². The minimum Gasteiger partial charge on any atom is -0.379 e. The van der Waals surface area contributed by atoms with Crippen LogP contribution in [0.15, 0.2) is 12.4 Å². The van der Waals surface area contributed by atoms with Crippen molar-refractivity contribution in [2.24, 2.45) is 5.92 Å². The molecule has 1 aromatic rings. The van der Waals surface area contributed by atoms with Gasteiger partial charge in [0, 0.05) is 31.5 Å². The van der Waals surface area contributed by atoms with E-state index in [0.717, 1.165) is 32.7 Å². The molecule has 0 unspecified atom stereocenters. The molecule has 0 aliphatic rings. The van der Waals surface area contributed by atoms with Crippen molar-refractivity contribution in [3.63, 3.8) is 0 Å². The van der Waals surface area contributed by atoms with Gasteiger partial charge in [-0.05, 0) is 32.7 Å². The van der Waals surface area contributed by atoms with Gasteiger partial charge in [-0.3, -0.25) is 4.68 Å². The van der Waals surface area contributed by atoms with E-state index in [0.29, 0.717) is 12.0 Å². The van der Waals surface area contributed by atoms with E-state index in [2.05, 4.69) is 44.3 Å². The first-order valence-corrected chi connectivity index (χ1v) is 6.91. The van der Waals surface area contributed by atoms with Gasteiger partial charge in [-0.2, -0.15) is 5.10 Å². The lowest BCUT2D eigenvalue weighted by Crippen LogP contribution is -2.17. The Balaban J connectivity index is 0.00000324. The number of nitrogens with zero attached hydrogens (tertiary/aromatic N) is 2. The van der Waals surface area contributed by atoms with Crippen LogP contribution in [0.25, 0.3) is 0 Å². The molecule has 0 spiro atoms. The lowest BCUT2D eigenvalue weighted by atomic mass is 10.2. The number of hydrogen-bond acceptors (Lipinski definition) is 3. The average Bonchev–Trinajstić information content (AvgIpc) is 2.69. The van der Waals surface area contributed by atoms with Crippen molar-refractivity contribution in [1.29, 1.82) is 0 Å². The second-order valence-corrected chi connectivity index (χ2v) is 5.41. The van der Waals surface area contributed by atoms with Crippen LogP contribution in [0.1, 0.15) is 39.7 Å². The van der Waals surface area contributed by atoms with Crippen LogP contribution in [0.5, 0.6) is 0 Å². The van der Waals surface area contributed by atoms with Crippen molar-refractivity contribution in [2.45, 2.75) is 53.3 Å². The molecule has 0 bridgehead atoms. The van der Waals surface area contributed by atoms with Gasteiger partial charge in [0.15, 0.2) is 0 Å². The summed E-state index contributed by atoms with van der Waals surface area (Å²) in [5.41, 5.74) is 1.25. The zero-order valence-corrected chi connectivity index (χ0v) is 13.4. The molecular formula is C14H28ClN3O. The summed E-state index contributed by atoms with van der Waals surface area (Å²) in [5, 5.41) is 7.76. The summed E-state index contributed by atoms with van der Waals surface area (Å²) in [4.78, 5) is 0. The van der Waals surface area contributed by atoms with E-state index in [4.69, 9.17) is 4.74 Å². The molecule has 0 aliphatic carbocycles. The van der Waals surface area contributed by atoms with Crippen LogP contribution in [-0.2, 0) is 17.8 Å². The number of aromatic nitrogens is 2. The van der Waals surface area contributed by atoms with Gasteiger partial charge in [-0.15, -0.1) is 12.4 Å². The smallest absolute Gasteiger partial charge is 0.0534 e. The average molecular weight is 290 g/mol. The van der Waals surface area contributed by atoms with Gasteiger partial charge in [0.25, 0.3) is 0 Å². The van der Waals surface area contributed by atoms with E-state index < -0.39 is 0 Å². The first kappa shape index (κ1) is 18.4. The molecule has 0 saturated heterocycles. The summed E-state index contributed by atoms with van der Waals surface area (Å²) < 4.78 is 7.50. The maximum atomic E-state index is 5.49. The SMILES string of the molecule is CC(C)Cn1cc(CNCCCOC(C)C)cn1.Cl. The zero-order chi connectivity index (χ0) is 13.4. The fourth-order valence-corrected chi connectivity index (χ4v) is 1.72. The van der Waals surface area contributed by atoms with Gasteiger partial charge in [-0.1, -0.05) is 13.8 Å². The summed E-state index contributed by atoms with van der Waals surface area (Å²) >= 11 is 0. The molecule has 0 aliphatic heterocycles. The second-order valence-electron chi connectivity index (χ2n) is 5.41. The summed E-state index contributed by atoms with van der Waals surface area (Å²) in [7, 11) is 0. The third-order valence-electron chi connectivity index (χ3n) is 2.52. The largest absolute Gasteiger partial charge is 0.379 e. The third kappa shape index (κ3) is 9.03. The highest BCUT2D eigenvalue weighted by Crippen LogP contribution is 2.01. The van der Waals surface area contributed by atoms with Crippen molar-refractivity contribution >= 4 is 12.4 Å². The van der Waals surface area contributed by atoms with Gasteiger partial charge in [0.2, 0.25) is 0 Å². The van der Waals surface area contributed by atoms with Gasteiger partial charge in [0.1, 0.15) is 0 Å². The van der Waals surface area contributed by atoms with Crippen molar-refractivity contribution in [2.75, 3.05) is 13.2 Å². The number of halogens is 1. The Morgan fingerprint density at radius 2 is 2.05 bits per heavy atom. The first-order valence-electron chi connectivity index (χ1n) is 6.91. The Morgan fingerprint density at radius 3 is 2.68 bits per heavy atom. The standard InChI is InChI=1S/C14H27N3O.ClH/c1-12(2)10-17-11-14(9-16-17)8-15-6-5-7-18-13(3)4;/h9,11-13,15H,5-8,10H2,1-4H3;1H. The fourth-order valence-electron chi connectivity index (χ4n) is 1.72. The summed E-state index contributed by atoms with van der Waals surface area (Å²) in [6.07, 6.45) is 5.45. The minimum atomic E-state index is 0. The molecule has 112 valence electrons. The zero-order valence-electron chi connectivity index (χ0n) is 12.6. The lowest BCUT2D eigenvalue weighted by molar-refractivity contribution is 0.0770. The predicted octanol–water partition coefficient (Wildman–Crippen LogP) is 2.87. The molecular weight excluding hydrogens is 262 g/mol. The van der Waals surface area contributed by atoms with E-state index >= 15 is 0 Å². The first-order chi connectivity index (χ1) is 8.58. The molecule has 1 rings (SSSR count). The Morgan fingerprint density at radius 1 is 1.32 bits per heavy atom. The second kappa shape index (κ2) is 10.2. The normalized spacial score (nSPS) is 11.1. The van der Waals surface area contributed by atoms with Crippen LogP contribution in [0.2, 0.25) is 0 Å². The molecule has 0 saturated carbocycles. The van der Waals surface area contributed by atoms with Crippen molar-refractivity contribution < 1.29 is 4.74 Å². The van der Waals surface area contributed by atoms with Crippen molar-refractivity contribution in [3.8, 4) is 0 Å². The lowest BCUT2D eigenvalue weighted by Gasteiger charge is -2.07. The minimum absolute atomic E-state index is 0. The highest BCUT2D eigenvalue weighted by Gasteiger charge is 2.00. The number of ether oxygens (including phenoxy) is 1. The van der Waals surface area contributed by atoms with Crippen LogP contribution in [0, 0.1) is 5.92 Å². The van der Waals surface area contributed by atoms with Crippen LogP contribution < -0.4 is 5.32 Å². The molecule has 0 amide bonds. The highest BCUT2D eigenvalue weighted by molar-refractivity contribution is 5.85. The molecule has 19 heavy (non-hydrogen) atoms. The van der Waals surface area contributed by atoms with Crippen LogP contribution in [0.4, 0.5) is 0 Å². The maximum absolute atomic E-state index is 5.49. The van der Waals surface area contributed by atoms with Gasteiger partial charge >= 0.3 is 0 Å². The van der Waals surface area contributed by atoms with Gasteiger partial charge in [-0.25, -0.2) is 0 Å². The molecule has 0 fully saturated rings. The third-order valence-corrected chi connectivity index (χ3v) is 2.52. The molecule has 1 heterocycles. The van der Waals surface area contributed by atoms with Crippen molar-refractivity contribution in [3.05, 3.63) is 18.0 Å². The number of rotatable bonds is 9. The van der Waals surface area contributed by atoms with E-state index in [1.165, 1.54) is 5.56 Å². The van der Waals surface area contributed by atoms with Crippen molar-refractivity contribution in [1.82, 2.24) is 15.1 Å². The highest BCUT2D eigenvalue weighted by atomic mass is 35.5. The van der Waals surface area contributed by atoms with Gasteiger partial charge in [0.05, 0.1) is 12.3 Å².